The number of fused-ring (bicyclic) bond motifs is 2. The van der Waals surface area contributed by atoms with Crippen molar-refractivity contribution in [2.75, 3.05) is 25.0 Å². The largest absolute Gasteiger partial charge is 0.573 e. The highest BCUT2D eigenvalue weighted by atomic mass is 35.5. The van der Waals surface area contributed by atoms with E-state index < -0.39 is 16.3 Å². The number of benzene rings is 3. The second-order valence-electron chi connectivity index (χ2n) is 6.96. The third-order valence-electron chi connectivity index (χ3n) is 4.85. The van der Waals surface area contributed by atoms with Crippen LogP contribution in [0.1, 0.15) is 0 Å². The lowest BCUT2D eigenvalue weighted by Gasteiger charge is -2.33. The molecule has 33 heavy (non-hydrogen) atoms. The van der Waals surface area contributed by atoms with Crippen LogP contribution in [-0.4, -0.2) is 30.7 Å². The van der Waals surface area contributed by atoms with Crippen molar-refractivity contribution in [2.24, 2.45) is 4.36 Å². The number of nitrogens with zero attached hydrogens (tertiary/aromatic N) is 2. The van der Waals surface area contributed by atoms with Gasteiger partial charge in [0, 0.05) is 35.0 Å². The molecule has 0 spiro atoms. The molecule has 1 heterocycles. The van der Waals surface area contributed by atoms with Crippen molar-refractivity contribution in [3.05, 3.63) is 71.8 Å². The monoisotopic (exact) mass is 513 g/mol. The SMILES string of the molecule is CN=S(=O)(NCCN1c2ccccc2Sc2ccc(Cl)cc21)c1ccc(OC(F)(F)F)cc1. The van der Waals surface area contributed by atoms with Crippen molar-refractivity contribution in [1.82, 2.24) is 4.72 Å². The van der Waals surface area contributed by atoms with Crippen molar-refractivity contribution >= 4 is 44.7 Å². The van der Waals surface area contributed by atoms with Crippen molar-refractivity contribution in [2.45, 2.75) is 21.0 Å². The van der Waals surface area contributed by atoms with E-state index >= 15 is 0 Å². The molecule has 0 radical (unpaired) electrons. The molecule has 4 rings (SSSR count). The lowest BCUT2D eigenvalue weighted by molar-refractivity contribution is -0.274. The summed E-state index contributed by atoms with van der Waals surface area (Å²) in [5.41, 5.74) is 1.95. The fraction of sp³-hybridized carbons (Fsp3) is 0.182. The molecule has 0 aromatic heterocycles. The first kappa shape index (κ1) is 23.7. The van der Waals surface area contributed by atoms with Crippen molar-refractivity contribution < 1.29 is 22.1 Å². The molecule has 0 aliphatic carbocycles. The summed E-state index contributed by atoms with van der Waals surface area (Å²) in [6, 6.07) is 18.5. The van der Waals surface area contributed by atoms with Crippen LogP contribution in [0.4, 0.5) is 24.5 Å². The first-order valence-corrected chi connectivity index (χ1v) is 12.5. The lowest BCUT2D eigenvalue weighted by atomic mass is 10.2. The third kappa shape index (κ3) is 5.40. The number of para-hydroxylation sites is 1. The molecule has 1 unspecified atom stereocenters. The molecule has 1 atom stereocenters. The van der Waals surface area contributed by atoms with Crippen LogP contribution in [0, 0.1) is 0 Å². The van der Waals surface area contributed by atoms with Crippen LogP contribution >= 0.6 is 23.4 Å². The second-order valence-corrected chi connectivity index (χ2v) is 10.7. The molecule has 3 aromatic carbocycles. The molecule has 0 bridgehead atoms. The zero-order valence-electron chi connectivity index (χ0n) is 17.3. The summed E-state index contributed by atoms with van der Waals surface area (Å²) in [5.74, 6) is -0.389. The summed E-state index contributed by atoms with van der Waals surface area (Å²) in [6.07, 6.45) is -4.79. The van der Waals surface area contributed by atoms with Gasteiger partial charge in [-0.15, -0.1) is 13.2 Å². The van der Waals surface area contributed by atoms with Gasteiger partial charge < -0.3 is 9.64 Å². The number of alkyl halides is 3. The Morgan fingerprint density at radius 2 is 1.76 bits per heavy atom. The summed E-state index contributed by atoms with van der Waals surface area (Å²) in [5, 5.41) is 0.611. The zero-order chi connectivity index (χ0) is 23.6. The van der Waals surface area contributed by atoms with Crippen LogP contribution in [-0.2, 0) is 9.92 Å². The van der Waals surface area contributed by atoms with Gasteiger partial charge in [0.1, 0.15) is 15.7 Å². The number of ether oxygens (including phenoxy) is 1. The van der Waals surface area contributed by atoms with Gasteiger partial charge in [-0.3, -0.25) is 0 Å². The molecule has 174 valence electrons. The fourth-order valence-electron chi connectivity index (χ4n) is 3.42. The van der Waals surface area contributed by atoms with E-state index in [1.54, 1.807) is 11.8 Å². The smallest absolute Gasteiger partial charge is 0.406 e. The van der Waals surface area contributed by atoms with Crippen molar-refractivity contribution in [3.63, 3.8) is 0 Å². The molecule has 1 N–H and O–H groups in total. The van der Waals surface area contributed by atoms with Crippen LogP contribution in [0.25, 0.3) is 0 Å². The number of hydrogen-bond acceptors (Lipinski definition) is 5. The Kier molecular flexibility index (Phi) is 6.81. The summed E-state index contributed by atoms with van der Waals surface area (Å²) < 4.78 is 61.4. The highest BCUT2D eigenvalue weighted by Crippen LogP contribution is 2.48. The second kappa shape index (κ2) is 9.46. The van der Waals surface area contributed by atoms with E-state index in [4.69, 9.17) is 11.6 Å². The highest BCUT2D eigenvalue weighted by Gasteiger charge is 2.31. The minimum Gasteiger partial charge on any atom is -0.406 e. The van der Waals surface area contributed by atoms with E-state index in [0.717, 1.165) is 33.3 Å². The van der Waals surface area contributed by atoms with E-state index in [2.05, 4.69) is 18.7 Å². The lowest BCUT2D eigenvalue weighted by Crippen LogP contribution is -2.33. The summed E-state index contributed by atoms with van der Waals surface area (Å²) in [7, 11) is -1.65. The van der Waals surface area contributed by atoms with Gasteiger partial charge in [-0.1, -0.05) is 35.5 Å². The van der Waals surface area contributed by atoms with Crippen LogP contribution in [0.2, 0.25) is 5.02 Å². The van der Waals surface area contributed by atoms with Crippen LogP contribution < -0.4 is 14.4 Å². The van der Waals surface area contributed by atoms with Crippen molar-refractivity contribution in [1.29, 1.82) is 0 Å². The standard InChI is InChI=1S/C22H19ClF3N3O2S2/c1-27-33(30,17-9-7-16(8-10-17)31-22(24,25)26)28-12-13-29-18-4-2-3-5-20(18)32-21-11-6-15(23)14-19(21)29/h2-11,14H,12-13H2,1H3,(H,27,28,30). The first-order chi connectivity index (χ1) is 15.7. The van der Waals surface area contributed by atoms with Crippen LogP contribution in [0.5, 0.6) is 5.75 Å². The fourth-order valence-corrected chi connectivity index (χ4v) is 6.04. The summed E-state index contributed by atoms with van der Waals surface area (Å²) >= 11 is 7.89. The first-order valence-electron chi connectivity index (χ1n) is 9.78. The number of rotatable bonds is 6. The molecule has 0 saturated heterocycles. The maximum absolute atomic E-state index is 13.4. The van der Waals surface area contributed by atoms with E-state index in [0.29, 0.717) is 18.1 Å². The number of anilines is 2. The van der Waals surface area contributed by atoms with Gasteiger partial charge in [0.25, 0.3) is 0 Å². The number of hydrogen-bond donors (Lipinski definition) is 1. The third-order valence-corrected chi connectivity index (χ3v) is 8.24. The predicted octanol–water partition coefficient (Wildman–Crippen LogP) is 6.50. The van der Waals surface area contributed by atoms with E-state index in [9.17, 15) is 17.4 Å². The van der Waals surface area contributed by atoms with Gasteiger partial charge in [0.2, 0.25) is 0 Å². The molecular formula is C22H19ClF3N3O2S2. The molecular weight excluding hydrogens is 495 g/mol. The van der Waals surface area contributed by atoms with E-state index in [1.807, 2.05) is 42.5 Å². The minimum atomic E-state index is -4.79. The Balaban J connectivity index is 1.53. The molecule has 3 aromatic rings. The molecule has 0 fully saturated rings. The van der Waals surface area contributed by atoms with Gasteiger partial charge in [0.15, 0.2) is 0 Å². The number of halogens is 4. The quantitative estimate of drug-likeness (QED) is 0.408. The molecule has 11 heteroatoms. The zero-order valence-corrected chi connectivity index (χ0v) is 19.7. The van der Waals surface area contributed by atoms with Crippen LogP contribution in [0.15, 0.2) is 85.8 Å². The Labute approximate surface area is 199 Å². The highest BCUT2D eigenvalue weighted by molar-refractivity contribution is 7.99. The van der Waals surface area contributed by atoms with Gasteiger partial charge in [-0.2, -0.15) is 0 Å². The maximum atomic E-state index is 13.4. The van der Waals surface area contributed by atoms with Gasteiger partial charge in [-0.25, -0.2) is 13.3 Å². The van der Waals surface area contributed by atoms with Crippen molar-refractivity contribution in [3.8, 4) is 5.75 Å². The predicted molar refractivity (Wildman–Crippen MR) is 125 cm³/mol. The summed E-state index contributed by atoms with van der Waals surface area (Å²) in [4.78, 5) is 4.50. The summed E-state index contributed by atoms with van der Waals surface area (Å²) in [6.45, 7) is 0.759. The van der Waals surface area contributed by atoms with E-state index in [1.165, 1.54) is 19.2 Å². The normalized spacial score (nSPS) is 14.8. The molecule has 0 amide bonds. The van der Waals surface area contributed by atoms with Crippen LogP contribution in [0.3, 0.4) is 0 Å². The maximum Gasteiger partial charge on any atom is 0.573 e. The molecule has 5 nitrogen and oxygen atoms in total. The Morgan fingerprint density at radius 3 is 2.45 bits per heavy atom. The Bertz CT molecular complexity index is 1280. The average Bonchev–Trinajstić information content (AvgIpc) is 2.78. The van der Waals surface area contributed by atoms with Gasteiger partial charge >= 0.3 is 6.36 Å². The average molecular weight is 514 g/mol. The van der Waals surface area contributed by atoms with Gasteiger partial charge in [0.05, 0.1) is 16.3 Å². The number of nitrogens with one attached hydrogen (secondary N) is 1. The topological polar surface area (TPSA) is 53.9 Å². The minimum absolute atomic E-state index is 0.262. The van der Waals surface area contributed by atoms with E-state index in [-0.39, 0.29) is 10.6 Å². The molecule has 0 saturated carbocycles. The molecule has 1 aliphatic rings. The Morgan fingerprint density at radius 1 is 1.06 bits per heavy atom. The molecule has 1 aliphatic heterocycles. The van der Waals surface area contributed by atoms with Gasteiger partial charge in [-0.05, 0) is 54.6 Å². The Hall–Kier alpha value is -2.40.